The van der Waals surface area contributed by atoms with E-state index < -0.39 is 0 Å². The fraction of sp³-hybridized carbons (Fsp3) is 0.600. The highest BCUT2D eigenvalue weighted by Crippen LogP contribution is 2.24. The van der Waals surface area contributed by atoms with E-state index in [1.165, 1.54) is 11.3 Å². The van der Waals surface area contributed by atoms with Crippen molar-refractivity contribution in [2.45, 2.75) is 26.2 Å². The summed E-state index contributed by atoms with van der Waals surface area (Å²) in [5.74, 6) is 0.439. The predicted molar refractivity (Wildman–Crippen MR) is 103 cm³/mol. The summed E-state index contributed by atoms with van der Waals surface area (Å²) in [5, 5.41) is 3.16. The molecular formula is C20H30N4O2. The van der Waals surface area contributed by atoms with Crippen LogP contribution in [0.15, 0.2) is 24.3 Å². The summed E-state index contributed by atoms with van der Waals surface area (Å²) in [4.78, 5) is 27.8. The monoisotopic (exact) mass is 358 g/mol. The van der Waals surface area contributed by atoms with Crippen LogP contribution in [0.1, 0.15) is 24.8 Å². The first-order valence-electron chi connectivity index (χ1n) is 9.61. The quantitative estimate of drug-likeness (QED) is 0.799. The van der Waals surface area contributed by atoms with Gasteiger partial charge in [0.25, 0.3) is 0 Å². The number of carbonyl (C=O) groups excluding carboxylic acids is 2. The smallest absolute Gasteiger partial charge is 0.231 e. The van der Waals surface area contributed by atoms with Crippen molar-refractivity contribution >= 4 is 17.5 Å². The lowest BCUT2D eigenvalue weighted by molar-refractivity contribution is -0.126. The van der Waals surface area contributed by atoms with Gasteiger partial charge in [-0.1, -0.05) is 17.7 Å². The summed E-state index contributed by atoms with van der Waals surface area (Å²) in [5.41, 5.74) is 7.78. The molecule has 2 aliphatic rings. The molecular weight excluding hydrogens is 328 g/mol. The van der Waals surface area contributed by atoms with Gasteiger partial charge in [0.15, 0.2) is 0 Å². The molecule has 1 unspecified atom stereocenters. The minimum absolute atomic E-state index is 0.0636. The van der Waals surface area contributed by atoms with E-state index in [1.54, 1.807) is 0 Å². The average molecular weight is 358 g/mol. The Labute approximate surface area is 155 Å². The van der Waals surface area contributed by atoms with Crippen molar-refractivity contribution in [2.75, 3.05) is 44.2 Å². The van der Waals surface area contributed by atoms with Gasteiger partial charge in [-0.15, -0.1) is 0 Å². The summed E-state index contributed by atoms with van der Waals surface area (Å²) >= 11 is 0. The van der Waals surface area contributed by atoms with E-state index in [1.807, 2.05) is 4.90 Å². The van der Waals surface area contributed by atoms with Gasteiger partial charge < -0.3 is 16.0 Å². The van der Waals surface area contributed by atoms with Crippen molar-refractivity contribution < 1.29 is 9.59 Å². The third-order valence-corrected chi connectivity index (χ3v) is 5.59. The van der Waals surface area contributed by atoms with Crippen LogP contribution in [0.3, 0.4) is 0 Å². The van der Waals surface area contributed by atoms with E-state index in [0.717, 1.165) is 52.0 Å². The Balaban J connectivity index is 1.39. The van der Waals surface area contributed by atoms with E-state index in [0.29, 0.717) is 12.5 Å². The van der Waals surface area contributed by atoms with Crippen LogP contribution in [0.5, 0.6) is 0 Å². The first kappa shape index (κ1) is 18.7. The summed E-state index contributed by atoms with van der Waals surface area (Å²) in [7, 11) is 0. The number of benzene rings is 1. The van der Waals surface area contributed by atoms with Gasteiger partial charge in [0.2, 0.25) is 11.8 Å². The van der Waals surface area contributed by atoms with Gasteiger partial charge in [-0.05, 0) is 57.3 Å². The van der Waals surface area contributed by atoms with Crippen LogP contribution in [-0.2, 0) is 9.59 Å². The molecule has 2 heterocycles. The molecule has 1 aromatic rings. The molecule has 0 spiro atoms. The largest absolute Gasteiger partial charge is 0.371 e. The number of hydrogen-bond donors (Lipinski definition) is 2. The van der Waals surface area contributed by atoms with Gasteiger partial charge in [-0.2, -0.15) is 0 Å². The van der Waals surface area contributed by atoms with Gasteiger partial charge in [0.1, 0.15) is 0 Å². The lowest BCUT2D eigenvalue weighted by atomic mass is 9.95. The molecule has 26 heavy (non-hydrogen) atoms. The SMILES string of the molecule is Cc1ccc(N2CCC(CNC(=O)C3CCN(CC(N)=O)CC3)C2)cc1. The van der Waals surface area contributed by atoms with Crippen LogP contribution in [0.25, 0.3) is 0 Å². The molecule has 3 rings (SSSR count). The molecule has 6 heteroatoms. The summed E-state index contributed by atoms with van der Waals surface area (Å²) < 4.78 is 0. The van der Waals surface area contributed by atoms with E-state index in [9.17, 15) is 9.59 Å². The third kappa shape index (κ3) is 4.97. The molecule has 2 fully saturated rings. The highest BCUT2D eigenvalue weighted by Gasteiger charge is 2.27. The van der Waals surface area contributed by atoms with Gasteiger partial charge >= 0.3 is 0 Å². The highest BCUT2D eigenvalue weighted by molar-refractivity contribution is 5.79. The number of aryl methyl sites for hydroxylation is 1. The minimum atomic E-state index is -0.299. The van der Waals surface area contributed by atoms with Crippen molar-refractivity contribution in [3.8, 4) is 0 Å². The summed E-state index contributed by atoms with van der Waals surface area (Å²) in [6.45, 7) is 6.74. The fourth-order valence-electron chi connectivity index (χ4n) is 3.95. The fourth-order valence-corrected chi connectivity index (χ4v) is 3.95. The molecule has 2 aliphatic heterocycles. The zero-order chi connectivity index (χ0) is 18.5. The number of nitrogens with two attached hydrogens (primary N) is 1. The van der Waals surface area contributed by atoms with Crippen LogP contribution in [0.2, 0.25) is 0 Å². The number of piperidine rings is 1. The normalized spacial score (nSPS) is 21.7. The number of nitrogens with one attached hydrogen (secondary N) is 1. The van der Waals surface area contributed by atoms with E-state index >= 15 is 0 Å². The van der Waals surface area contributed by atoms with Crippen molar-refractivity contribution in [3.05, 3.63) is 29.8 Å². The molecule has 2 amide bonds. The molecule has 6 nitrogen and oxygen atoms in total. The Morgan fingerprint density at radius 3 is 2.46 bits per heavy atom. The molecule has 2 saturated heterocycles. The number of rotatable bonds is 6. The van der Waals surface area contributed by atoms with Crippen molar-refractivity contribution in [1.82, 2.24) is 10.2 Å². The Hall–Kier alpha value is -2.08. The number of nitrogens with zero attached hydrogens (tertiary/aromatic N) is 2. The third-order valence-electron chi connectivity index (χ3n) is 5.59. The number of amides is 2. The molecule has 0 saturated carbocycles. The van der Waals surface area contributed by atoms with E-state index in [4.69, 9.17) is 5.73 Å². The number of anilines is 1. The van der Waals surface area contributed by atoms with Gasteiger partial charge in [-0.25, -0.2) is 0 Å². The topological polar surface area (TPSA) is 78.7 Å². The predicted octanol–water partition coefficient (Wildman–Crippen LogP) is 1.13. The maximum Gasteiger partial charge on any atom is 0.231 e. The van der Waals surface area contributed by atoms with Crippen LogP contribution in [-0.4, -0.2) is 56.0 Å². The molecule has 142 valence electrons. The van der Waals surface area contributed by atoms with E-state index in [-0.39, 0.29) is 17.7 Å². The van der Waals surface area contributed by atoms with Crippen molar-refractivity contribution in [2.24, 2.45) is 17.6 Å². The van der Waals surface area contributed by atoms with Crippen LogP contribution < -0.4 is 16.0 Å². The number of carbonyl (C=O) groups is 2. The maximum absolute atomic E-state index is 12.4. The molecule has 3 N–H and O–H groups in total. The zero-order valence-electron chi connectivity index (χ0n) is 15.6. The van der Waals surface area contributed by atoms with Gasteiger partial charge in [0, 0.05) is 31.2 Å². The van der Waals surface area contributed by atoms with Crippen molar-refractivity contribution in [1.29, 1.82) is 0 Å². The number of primary amides is 1. The lowest BCUT2D eigenvalue weighted by Crippen LogP contribution is -2.44. The van der Waals surface area contributed by atoms with Crippen LogP contribution >= 0.6 is 0 Å². The molecule has 1 atom stereocenters. The lowest BCUT2D eigenvalue weighted by Gasteiger charge is -2.30. The molecule has 1 aromatic carbocycles. The zero-order valence-corrected chi connectivity index (χ0v) is 15.6. The maximum atomic E-state index is 12.4. The average Bonchev–Trinajstić information content (AvgIpc) is 3.09. The standard InChI is InChI=1S/C20H30N4O2/c1-15-2-4-18(5-3-15)24-11-6-16(13-24)12-22-20(26)17-7-9-23(10-8-17)14-19(21)25/h2-5,16-17H,6-14H2,1H3,(H2,21,25)(H,22,26). The second kappa shape index (κ2) is 8.54. The molecule has 0 bridgehead atoms. The Morgan fingerprint density at radius 2 is 1.81 bits per heavy atom. The van der Waals surface area contributed by atoms with Gasteiger partial charge in [0.05, 0.1) is 6.54 Å². The second-order valence-corrected chi connectivity index (χ2v) is 7.70. The van der Waals surface area contributed by atoms with Gasteiger partial charge in [-0.3, -0.25) is 14.5 Å². The Morgan fingerprint density at radius 1 is 1.12 bits per heavy atom. The Kier molecular flexibility index (Phi) is 6.14. The number of likely N-dealkylation sites (tertiary alicyclic amines) is 1. The summed E-state index contributed by atoms with van der Waals surface area (Å²) in [6, 6.07) is 8.65. The first-order chi connectivity index (χ1) is 12.5. The van der Waals surface area contributed by atoms with E-state index in [2.05, 4.69) is 41.4 Å². The first-order valence-corrected chi connectivity index (χ1v) is 9.61. The van der Waals surface area contributed by atoms with Crippen LogP contribution in [0, 0.1) is 18.8 Å². The second-order valence-electron chi connectivity index (χ2n) is 7.70. The van der Waals surface area contributed by atoms with Crippen molar-refractivity contribution in [3.63, 3.8) is 0 Å². The molecule has 0 radical (unpaired) electrons. The molecule has 0 aliphatic carbocycles. The highest BCUT2D eigenvalue weighted by atomic mass is 16.2. The summed E-state index contributed by atoms with van der Waals surface area (Å²) in [6.07, 6.45) is 2.73. The minimum Gasteiger partial charge on any atom is -0.371 e. The van der Waals surface area contributed by atoms with Crippen LogP contribution in [0.4, 0.5) is 5.69 Å². The Bertz CT molecular complexity index is 623. The number of hydrogen-bond acceptors (Lipinski definition) is 4. The molecule has 0 aromatic heterocycles.